The molecule has 0 radical (unpaired) electrons. The average molecular weight is 313 g/mol. The van der Waals surface area contributed by atoms with Crippen LogP contribution in [0.3, 0.4) is 0 Å². The zero-order valence-electron chi connectivity index (χ0n) is 12.6. The zero-order chi connectivity index (χ0) is 16.2. The van der Waals surface area contributed by atoms with Crippen LogP contribution in [-0.2, 0) is 4.79 Å². The van der Waals surface area contributed by atoms with Crippen molar-refractivity contribution in [2.24, 2.45) is 11.5 Å². The Bertz CT molecular complexity index is 829. The van der Waals surface area contributed by atoms with E-state index in [9.17, 15) is 4.79 Å². The molecule has 5 N–H and O–H groups in total. The largest absolute Gasteiger partial charge is 0.368 e. The number of nitrogens with two attached hydrogens (primary N) is 2. The zero-order valence-corrected chi connectivity index (χ0v) is 12.6. The van der Waals surface area contributed by atoms with E-state index in [-0.39, 0.29) is 0 Å². The van der Waals surface area contributed by atoms with Crippen molar-refractivity contribution >= 4 is 28.3 Å². The first-order valence-corrected chi connectivity index (χ1v) is 7.56. The fraction of sp³-hybridized carbons (Fsp3) is 0.333. The summed E-state index contributed by atoms with van der Waals surface area (Å²) in [6, 6.07) is 7.18. The number of benzene rings is 1. The summed E-state index contributed by atoms with van der Waals surface area (Å²) in [5.74, 6) is 0.0259. The van der Waals surface area contributed by atoms with E-state index in [2.05, 4.69) is 20.6 Å². The fourth-order valence-electron chi connectivity index (χ4n) is 2.55. The first kappa shape index (κ1) is 15.2. The molecule has 0 aliphatic rings. The Morgan fingerprint density at radius 1 is 1.30 bits per heavy atom. The Morgan fingerprint density at radius 2 is 2.13 bits per heavy atom. The lowest BCUT2D eigenvalue weighted by atomic mass is 10.1. The smallest absolute Gasteiger partial charge is 0.240 e. The molecule has 23 heavy (non-hydrogen) atoms. The molecular formula is C15H19N7O. The number of nitrogens with one attached hydrogen (secondary N) is 1. The molecule has 0 aliphatic heterocycles. The van der Waals surface area contributed by atoms with E-state index < -0.39 is 11.9 Å². The number of fused-ring (bicyclic) bond motifs is 3. The van der Waals surface area contributed by atoms with Crippen LogP contribution in [0.25, 0.3) is 16.4 Å². The molecule has 8 nitrogen and oxygen atoms in total. The third kappa shape index (κ3) is 3.07. The summed E-state index contributed by atoms with van der Waals surface area (Å²) in [6.45, 7) is 0.590. The molecule has 0 fully saturated rings. The van der Waals surface area contributed by atoms with Crippen molar-refractivity contribution in [1.82, 2.24) is 19.8 Å². The molecule has 120 valence electrons. The Kier molecular flexibility index (Phi) is 4.33. The van der Waals surface area contributed by atoms with Gasteiger partial charge in [-0.1, -0.05) is 23.4 Å². The van der Waals surface area contributed by atoms with Crippen LogP contribution in [0.15, 0.2) is 30.5 Å². The van der Waals surface area contributed by atoms with Crippen molar-refractivity contribution in [3.8, 4) is 0 Å². The summed E-state index contributed by atoms with van der Waals surface area (Å²) in [5.41, 5.74) is 12.6. The lowest BCUT2D eigenvalue weighted by Gasteiger charge is -2.16. The second-order valence-electron chi connectivity index (χ2n) is 5.37. The van der Waals surface area contributed by atoms with Crippen molar-refractivity contribution in [3.63, 3.8) is 0 Å². The Labute approximate surface area is 132 Å². The molecular weight excluding hydrogens is 294 g/mol. The second kappa shape index (κ2) is 6.57. The Balaban J connectivity index is 1.96. The molecule has 8 heteroatoms. The molecule has 0 bridgehead atoms. The minimum Gasteiger partial charge on any atom is -0.368 e. The van der Waals surface area contributed by atoms with Crippen molar-refractivity contribution in [1.29, 1.82) is 0 Å². The van der Waals surface area contributed by atoms with Gasteiger partial charge >= 0.3 is 0 Å². The molecule has 2 aromatic heterocycles. The van der Waals surface area contributed by atoms with Crippen LogP contribution in [0, 0.1) is 0 Å². The SMILES string of the molecule is NCCCC[C@H](Nc1nc2ccccc2c2cnnn12)C(N)=O. The molecule has 2 heterocycles. The number of unbranched alkanes of at least 4 members (excludes halogenated alkanes) is 1. The van der Waals surface area contributed by atoms with Crippen molar-refractivity contribution in [2.45, 2.75) is 25.3 Å². The lowest BCUT2D eigenvalue weighted by molar-refractivity contribution is -0.118. The quantitative estimate of drug-likeness (QED) is 0.551. The maximum absolute atomic E-state index is 11.7. The molecule has 0 saturated heterocycles. The fourth-order valence-corrected chi connectivity index (χ4v) is 2.55. The summed E-state index contributed by atoms with van der Waals surface area (Å²) < 4.78 is 1.58. The van der Waals surface area contributed by atoms with E-state index in [0.717, 1.165) is 29.3 Å². The van der Waals surface area contributed by atoms with Crippen LogP contribution in [0.4, 0.5) is 5.95 Å². The maximum atomic E-state index is 11.7. The highest BCUT2D eigenvalue weighted by molar-refractivity contribution is 5.94. The number of amides is 1. The normalized spacial score (nSPS) is 12.6. The number of para-hydroxylation sites is 1. The van der Waals surface area contributed by atoms with E-state index in [1.165, 1.54) is 0 Å². The van der Waals surface area contributed by atoms with Gasteiger partial charge in [0.25, 0.3) is 0 Å². The highest BCUT2D eigenvalue weighted by Gasteiger charge is 2.18. The van der Waals surface area contributed by atoms with E-state index in [1.807, 2.05) is 24.3 Å². The number of hydrogen-bond acceptors (Lipinski definition) is 6. The van der Waals surface area contributed by atoms with Gasteiger partial charge in [-0.3, -0.25) is 4.79 Å². The van der Waals surface area contributed by atoms with E-state index >= 15 is 0 Å². The van der Waals surface area contributed by atoms with Crippen molar-refractivity contribution in [3.05, 3.63) is 30.5 Å². The summed E-state index contributed by atoms with van der Waals surface area (Å²) >= 11 is 0. The van der Waals surface area contributed by atoms with E-state index in [1.54, 1.807) is 10.7 Å². The third-order valence-electron chi connectivity index (χ3n) is 3.75. The van der Waals surface area contributed by atoms with Gasteiger partial charge in [0.05, 0.1) is 17.2 Å². The summed E-state index contributed by atoms with van der Waals surface area (Å²) in [4.78, 5) is 16.2. The number of carbonyl (C=O) groups excluding carboxylic acids is 1. The Hall–Kier alpha value is -2.74. The van der Waals surface area contributed by atoms with E-state index in [4.69, 9.17) is 11.5 Å². The predicted molar refractivity (Wildman–Crippen MR) is 87.8 cm³/mol. The first-order chi connectivity index (χ1) is 11.2. The molecule has 1 aromatic carbocycles. The second-order valence-corrected chi connectivity index (χ2v) is 5.37. The van der Waals surface area contributed by atoms with E-state index in [0.29, 0.717) is 18.9 Å². The van der Waals surface area contributed by atoms with Crippen LogP contribution in [0.1, 0.15) is 19.3 Å². The molecule has 0 saturated carbocycles. The van der Waals surface area contributed by atoms with Crippen molar-refractivity contribution < 1.29 is 4.79 Å². The summed E-state index contributed by atoms with van der Waals surface area (Å²) in [5, 5.41) is 12.0. The molecule has 1 amide bonds. The standard InChI is InChI=1S/C15H19N7O/c16-8-4-3-7-12(14(17)23)20-15-19-11-6-2-1-5-10(11)13-9-18-21-22(13)15/h1-2,5-6,9,12H,3-4,7-8,16H2,(H2,17,23)(H,19,20)/t12-/m0/s1. The van der Waals surface area contributed by atoms with Crippen LogP contribution in [0.2, 0.25) is 0 Å². The van der Waals surface area contributed by atoms with Gasteiger partial charge in [-0.2, -0.15) is 4.52 Å². The number of nitrogens with zero attached hydrogens (tertiary/aromatic N) is 4. The highest BCUT2D eigenvalue weighted by Crippen LogP contribution is 2.21. The van der Waals surface area contributed by atoms with Gasteiger partial charge in [-0.05, 0) is 31.9 Å². The minimum absolute atomic E-state index is 0.426. The monoisotopic (exact) mass is 313 g/mol. The molecule has 0 aliphatic carbocycles. The molecule has 3 rings (SSSR count). The number of hydrogen-bond donors (Lipinski definition) is 3. The van der Waals surface area contributed by atoms with Gasteiger partial charge < -0.3 is 16.8 Å². The van der Waals surface area contributed by atoms with Gasteiger partial charge in [0.1, 0.15) is 6.04 Å². The molecule has 3 aromatic rings. The van der Waals surface area contributed by atoms with Crippen LogP contribution in [-0.4, -0.2) is 38.3 Å². The van der Waals surface area contributed by atoms with Crippen LogP contribution < -0.4 is 16.8 Å². The Morgan fingerprint density at radius 3 is 2.91 bits per heavy atom. The number of aromatic nitrogens is 4. The van der Waals surface area contributed by atoms with Gasteiger partial charge in [-0.15, -0.1) is 5.10 Å². The first-order valence-electron chi connectivity index (χ1n) is 7.56. The molecule has 0 unspecified atom stereocenters. The number of carbonyl (C=O) groups is 1. The van der Waals surface area contributed by atoms with Gasteiger partial charge in [0.2, 0.25) is 11.9 Å². The minimum atomic E-state index is -0.525. The van der Waals surface area contributed by atoms with Gasteiger partial charge in [0, 0.05) is 5.39 Å². The lowest BCUT2D eigenvalue weighted by Crippen LogP contribution is -2.36. The summed E-state index contributed by atoms with van der Waals surface area (Å²) in [7, 11) is 0. The molecule has 0 spiro atoms. The molecule has 1 atom stereocenters. The average Bonchev–Trinajstić information content (AvgIpc) is 3.04. The van der Waals surface area contributed by atoms with Crippen molar-refractivity contribution in [2.75, 3.05) is 11.9 Å². The van der Waals surface area contributed by atoms with Crippen LogP contribution >= 0.6 is 0 Å². The summed E-state index contributed by atoms with van der Waals surface area (Å²) in [6.07, 6.45) is 3.92. The van der Waals surface area contributed by atoms with Gasteiger partial charge in [-0.25, -0.2) is 4.98 Å². The number of primary amides is 1. The van der Waals surface area contributed by atoms with Crippen LogP contribution in [0.5, 0.6) is 0 Å². The number of rotatable bonds is 7. The predicted octanol–water partition coefficient (Wildman–Crippen LogP) is 0.672. The third-order valence-corrected chi connectivity index (χ3v) is 3.75. The maximum Gasteiger partial charge on any atom is 0.240 e. The number of anilines is 1. The highest BCUT2D eigenvalue weighted by atomic mass is 16.1. The topological polar surface area (TPSA) is 124 Å². The van der Waals surface area contributed by atoms with Gasteiger partial charge in [0.15, 0.2) is 0 Å².